The maximum absolute atomic E-state index is 12.7. The van der Waals surface area contributed by atoms with E-state index in [0.717, 1.165) is 5.56 Å². The molecule has 0 bridgehead atoms. The first-order valence-electron chi connectivity index (χ1n) is 6.99. The average Bonchev–Trinajstić information content (AvgIpc) is 2.49. The number of hydrogen-bond donors (Lipinski definition) is 1. The molecule has 0 aromatic heterocycles. The highest BCUT2D eigenvalue weighted by molar-refractivity contribution is 6.34. The summed E-state index contributed by atoms with van der Waals surface area (Å²) in [5.41, 5.74) is 1.26. The molecule has 1 amide bonds. The Balaban J connectivity index is 2.26. The lowest BCUT2D eigenvalue weighted by Crippen LogP contribution is -2.57. The van der Waals surface area contributed by atoms with Gasteiger partial charge in [0.25, 0.3) is 5.91 Å². The molecule has 0 spiro atoms. The van der Waals surface area contributed by atoms with Crippen LogP contribution in [-0.4, -0.2) is 49.1 Å². The Hall–Kier alpha value is -1.59. The number of carbonyl (C=O) groups is 2. The molecule has 5 nitrogen and oxygen atoms in total. The first-order valence-corrected chi connectivity index (χ1v) is 7.37. The van der Waals surface area contributed by atoms with Gasteiger partial charge in [-0.1, -0.05) is 23.7 Å². The number of benzene rings is 1. The Kier molecular flexibility index (Phi) is 5.20. The zero-order valence-corrected chi connectivity index (χ0v) is 12.9. The second kappa shape index (κ2) is 6.91. The molecule has 0 aliphatic carbocycles. The number of aryl methyl sites for hydroxylation is 1. The number of hydrogen-bond acceptors (Lipinski definition) is 4. The van der Waals surface area contributed by atoms with Crippen molar-refractivity contribution < 1.29 is 14.3 Å². The molecule has 1 atom stereocenters. The van der Waals surface area contributed by atoms with Gasteiger partial charge in [-0.3, -0.25) is 4.79 Å². The lowest BCUT2D eigenvalue weighted by Gasteiger charge is -2.34. The van der Waals surface area contributed by atoms with Gasteiger partial charge in [0.15, 0.2) is 0 Å². The summed E-state index contributed by atoms with van der Waals surface area (Å²) in [5.74, 6) is -0.620. The van der Waals surface area contributed by atoms with Gasteiger partial charge < -0.3 is 15.0 Å². The summed E-state index contributed by atoms with van der Waals surface area (Å²) >= 11 is 6.22. The van der Waals surface area contributed by atoms with Gasteiger partial charge in [0.05, 0.1) is 17.2 Å². The van der Waals surface area contributed by atoms with E-state index in [0.29, 0.717) is 36.8 Å². The van der Waals surface area contributed by atoms with Crippen molar-refractivity contribution in [2.45, 2.75) is 19.9 Å². The molecule has 1 saturated heterocycles. The highest BCUT2D eigenvalue weighted by atomic mass is 35.5. The standard InChI is InChI=1S/C15H19ClN2O3/c1-3-21-15(20)12-9-17-7-8-18(12)14(19)11-6-4-5-10(2)13(11)16/h4-6,12,17H,3,7-9H2,1-2H3. The molecule has 1 N–H and O–H groups in total. The fourth-order valence-electron chi connectivity index (χ4n) is 2.36. The first kappa shape index (κ1) is 15.8. The predicted octanol–water partition coefficient (Wildman–Crippen LogP) is 1.63. The van der Waals surface area contributed by atoms with Crippen LogP contribution >= 0.6 is 11.6 Å². The third-order valence-electron chi connectivity index (χ3n) is 3.49. The predicted molar refractivity (Wildman–Crippen MR) is 80.5 cm³/mol. The molecule has 21 heavy (non-hydrogen) atoms. The molecular formula is C15H19ClN2O3. The van der Waals surface area contributed by atoms with Crippen molar-refractivity contribution in [3.63, 3.8) is 0 Å². The number of piperazine rings is 1. The number of nitrogens with zero attached hydrogens (tertiary/aromatic N) is 1. The number of halogens is 1. The third-order valence-corrected chi connectivity index (χ3v) is 3.99. The molecular weight excluding hydrogens is 292 g/mol. The Morgan fingerprint density at radius 2 is 2.24 bits per heavy atom. The van der Waals surface area contributed by atoms with Crippen molar-refractivity contribution in [2.75, 3.05) is 26.2 Å². The molecule has 0 saturated carbocycles. The molecule has 1 aromatic rings. The van der Waals surface area contributed by atoms with Crippen LogP contribution < -0.4 is 5.32 Å². The Morgan fingerprint density at radius 1 is 1.48 bits per heavy atom. The second-order valence-electron chi connectivity index (χ2n) is 4.91. The van der Waals surface area contributed by atoms with Gasteiger partial charge in [-0.15, -0.1) is 0 Å². The molecule has 1 aliphatic heterocycles. The van der Waals surface area contributed by atoms with E-state index in [1.165, 1.54) is 4.90 Å². The molecule has 1 aliphatic rings. The van der Waals surface area contributed by atoms with E-state index >= 15 is 0 Å². The molecule has 114 valence electrons. The lowest BCUT2D eigenvalue weighted by molar-refractivity contribution is -0.149. The minimum Gasteiger partial charge on any atom is -0.464 e. The van der Waals surface area contributed by atoms with Crippen LogP contribution in [0.15, 0.2) is 18.2 Å². The van der Waals surface area contributed by atoms with Crippen LogP contribution in [-0.2, 0) is 9.53 Å². The van der Waals surface area contributed by atoms with Gasteiger partial charge in [-0.05, 0) is 25.5 Å². The second-order valence-corrected chi connectivity index (χ2v) is 5.28. The van der Waals surface area contributed by atoms with Crippen molar-refractivity contribution in [1.29, 1.82) is 0 Å². The van der Waals surface area contributed by atoms with E-state index in [2.05, 4.69) is 5.32 Å². The van der Waals surface area contributed by atoms with Gasteiger partial charge >= 0.3 is 5.97 Å². The number of ether oxygens (including phenoxy) is 1. The summed E-state index contributed by atoms with van der Waals surface area (Å²) < 4.78 is 5.05. The first-order chi connectivity index (χ1) is 10.1. The number of nitrogens with one attached hydrogen (secondary N) is 1. The van der Waals surface area contributed by atoms with Gasteiger partial charge in [0.2, 0.25) is 0 Å². The molecule has 1 unspecified atom stereocenters. The van der Waals surface area contributed by atoms with E-state index < -0.39 is 6.04 Å². The number of rotatable bonds is 3. The van der Waals surface area contributed by atoms with E-state index in [4.69, 9.17) is 16.3 Å². The maximum atomic E-state index is 12.7. The van der Waals surface area contributed by atoms with Gasteiger partial charge in [0.1, 0.15) is 6.04 Å². The van der Waals surface area contributed by atoms with Crippen molar-refractivity contribution in [3.05, 3.63) is 34.3 Å². The van der Waals surface area contributed by atoms with Crippen LogP contribution in [0, 0.1) is 6.92 Å². The van der Waals surface area contributed by atoms with Crippen LogP contribution in [0.3, 0.4) is 0 Å². The van der Waals surface area contributed by atoms with Gasteiger partial charge in [0, 0.05) is 19.6 Å². The zero-order chi connectivity index (χ0) is 15.4. The SMILES string of the molecule is CCOC(=O)C1CNCCN1C(=O)c1cccc(C)c1Cl. The topological polar surface area (TPSA) is 58.6 Å². The monoisotopic (exact) mass is 310 g/mol. The van der Waals surface area contributed by atoms with Crippen molar-refractivity contribution in [1.82, 2.24) is 10.2 Å². The maximum Gasteiger partial charge on any atom is 0.330 e. The summed E-state index contributed by atoms with van der Waals surface area (Å²) in [6.07, 6.45) is 0. The number of esters is 1. The Morgan fingerprint density at radius 3 is 2.95 bits per heavy atom. The summed E-state index contributed by atoms with van der Waals surface area (Å²) in [5, 5.41) is 3.54. The largest absolute Gasteiger partial charge is 0.464 e. The quantitative estimate of drug-likeness (QED) is 0.862. The molecule has 1 aromatic carbocycles. The van der Waals surface area contributed by atoms with Gasteiger partial charge in [-0.2, -0.15) is 0 Å². The van der Waals surface area contributed by atoms with E-state index in [-0.39, 0.29) is 11.9 Å². The molecule has 2 rings (SSSR count). The van der Waals surface area contributed by atoms with Crippen LogP contribution in [0.4, 0.5) is 0 Å². The van der Waals surface area contributed by atoms with Crippen molar-refractivity contribution in [3.8, 4) is 0 Å². The molecule has 6 heteroatoms. The fourth-order valence-corrected chi connectivity index (χ4v) is 2.57. The lowest BCUT2D eigenvalue weighted by atomic mass is 10.1. The smallest absolute Gasteiger partial charge is 0.330 e. The number of amides is 1. The summed E-state index contributed by atoms with van der Waals surface area (Å²) in [4.78, 5) is 26.2. The highest BCUT2D eigenvalue weighted by Gasteiger charge is 2.34. The van der Waals surface area contributed by atoms with Crippen LogP contribution in [0.1, 0.15) is 22.8 Å². The van der Waals surface area contributed by atoms with Crippen molar-refractivity contribution >= 4 is 23.5 Å². The van der Waals surface area contributed by atoms with Crippen molar-refractivity contribution in [2.24, 2.45) is 0 Å². The molecule has 1 fully saturated rings. The minimum absolute atomic E-state index is 0.233. The molecule has 1 heterocycles. The molecule has 0 radical (unpaired) electrons. The summed E-state index contributed by atoms with van der Waals surface area (Å²) in [7, 11) is 0. The average molecular weight is 311 g/mol. The van der Waals surface area contributed by atoms with E-state index in [9.17, 15) is 9.59 Å². The number of carbonyl (C=O) groups excluding carboxylic acids is 2. The Bertz CT molecular complexity index is 548. The van der Waals surface area contributed by atoms with Gasteiger partial charge in [-0.25, -0.2) is 4.79 Å². The summed E-state index contributed by atoms with van der Waals surface area (Å²) in [6, 6.07) is 4.71. The Labute approximate surface area is 129 Å². The highest BCUT2D eigenvalue weighted by Crippen LogP contribution is 2.23. The van der Waals surface area contributed by atoms with Crippen LogP contribution in [0.5, 0.6) is 0 Å². The minimum atomic E-state index is -0.609. The fraction of sp³-hybridized carbons (Fsp3) is 0.467. The van der Waals surface area contributed by atoms with Crippen LogP contribution in [0.25, 0.3) is 0 Å². The third kappa shape index (κ3) is 3.36. The van der Waals surface area contributed by atoms with E-state index in [1.807, 2.05) is 13.0 Å². The normalized spacial score (nSPS) is 18.4. The van der Waals surface area contributed by atoms with Crippen LogP contribution in [0.2, 0.25) is 5.02 Å². The summed E-state index contributed by atoms with van der Waals surface area (Å²) in [6.45, 7) is 5.38. The zero-order valence-electron chi connectivity index (χ0n) is 12.2. The van der Waals surface area contributed by atoms with E-state index in [1.54, 1.807) is 19.1 Å².